The predicted octanol–water partition coefficient (Wildman–Crippen LogP) is -0.257. The summed E-state index contributed by atoms with van der Waals surface area (Å²) in [5, 5.41) is 0.912. The van der Waals surface area contributed by atoms with Crippen molar-refractivity contribution in [3.05, 3.63) is 0 Å². The minimum Gasteiger partial charge on any atom is -0.462 e. The Morgan fingerprint density at radius 3 is 1.42 bits per heavy atom. The summed E-state index contributed by atoms with van der Waals surface area (Å²) in [7, 11) is 1.34. The predicted molar refractivity (Wildman–Crippen MR) is 114 cm³/mol. The van der Waals surface area contributed by atoms with Crippen LogP contribution >= 0.6 is 0 Å². The number of hydroxylamine groups is 4. The maximum atomic E-state index is 11.4. The van der Waals surface area contributed by atoms with E-state index in [-0.39, 0.29) is 46.6 Å². The van der Waals surface area contributed by atoms with Crippen LogP contribution in [-0.4, -0.2) is 83.6 Å². The average molecular weight is 518 g/mol. The van der Waals surface area contributed by atoms with Crippen LogP contribution in [0.25, 0.3) is 0 Å². The summed E-state index contributed by atoms with van der Waals surface area (Å²) in [6.45, 7) is 4.00. The van der Waals surface area contributed by atoms with Crippen LogP contribution in [0.2, 0.25) is 0 Å². The lowest BCUT2D eigenvalue weighted by Crippen LogP contribution is -2.33. The third-order valence-corrected chi connectivity index (χ3v) is 4.27. The highest BCUT2D eigenvalue weighted by molar-refractivity contribution is 6.02. The molecule has 202 valence electrons. The zero-order chi connectivity index (χ0) is 27.4. The molecule has 2 rings (SSSR count). The molecule has 0 N–H and O–H groups in total. The largest absolute Gasteiger partial charge is 0.462 e. The molecular weight excluding hydrogens is 488 g/mol. The highest BCUT2D eigenvalue weighted by atomic mass is 16.7. The lowest BCUT2D eigenvalue weighted by molar-refractivity contribution is -0.199. The quantitative estimate of drug-likeness (QED) is 0.272. The molecular formula is C21H30N2O13. The Bertz CT molecular complexity index is 875. The SMILES string of the molecule is CC(=O)OC(C)CC(=O)ON1C(=O)CCC1=O.COCC(=O)OC(C)CC(=O)ON1C(=O)CCC1=O.[HH]. The lowest BCUT2D eigenvalue weighted by atomic mass is 10.3. The van der Waals surface area contributed by atoms with Gasteiger partial charge in [0, 0.05) is 41.1 Å². The van der Waals surface area contributed by atoms with Crippen LogP contribution in [0.3, 0.4) is 0 Å². The van der Waals surface area contributed by atoms with Crippen molar-refractivity contribution in [2.24, 2.45) is 0 Å². The van der Waals surface area contributed by atoms with Crippen LogP contribution in [-0.2, 0) is 62.2 Å². The molecule has 15 heteroatoms. The summed E-state index contributed by atoms with van der Waals surface area (Å²) in [5.41, 5.74) is 0. The fourth-order valence-electron chi connectivity index (χ4n) is 2.81. The Labute approximate surface area is 207 Å². The van der Waals surface area contributed by atoms with E-state index in [1.807, 2.05) is 0 Å². The number of hydrogen-bond donors (Lipinski definition) is 0. The van der Waals surface area contributed by atoms with Gasteiger partial charge in [-0.25, -0.2) is 14.4 Å². The van der Waals surface area contributed by atoms with Crippen LogP contribution in [0.4, 0.5) is 0 Å². The molecule has 0 spiro atoms. The van der Waals surface area contributed by atoms with Gasteiger partial charge in [0.25, 0.3) is 23.6 Å². The average Bonchev–Trinajstić information content (AvgIpc) is 3.23. The van der Waals surface area contributed by atoms with Crippen LogP contribution in [0.5, 0.6) is 0 Å². The van der Waals surface area contributed by atoms with E-state index >= 15 is 0 Å². The first kappa shape index (κ1) is 30.2. The van der Waals surface area contributed by atoms with E-state index in [4.69, 9.17) is 9.47 Å². The topological polar surface area (TPSA) is 189 Å². The summed E-state index contributed by atoms with van der Waals surface area (Å²) in [6, 6.07) is 0. The van der Waals surface area contributed by atoms with Crippen molar-refractivity contribution in [2.75, 3.05) is 13.7 Å². The number of imide groups is 2. The zero-order valence-electron chi connectivity index (χ0n) is 20.3. The van der Waals surface area contributed by atoms with Gasteiger partial charge in [0.2, 0.25) is 0 Å². The van der Waals surface area contributed by atoms with Gasteiger partial charge >= 0.3 is 23.9 Å². The van der Waals surface area contributed by atoms with Crippen molar-refractivity contribution in [2.45, 2.75) is 71.5 Å². The molecule has 0 aromatic heterocycles. The number of rotatable bonds is 10. The first-order chi connectivity index (χ1) is 16.8. The smallest absolute Gasteiger partial charge is 0.336 e. The monoisotopic (exact) mass is 518 g/mol. The zero-order valence-corrected chi connectivity index (χ0v) is 20.3. The third-order valence-electron chi connectivity index (χ3n) is 4.27. The molecule has 2 fully saturated rings. The number of esters is 2. The van der Waals surface area contributed by atoms with Crippen LogP contribution in [0, 0.1) is 0 Å². The third kappa shape index (κ3) is 10.6. The van der Waals surface area contributed by atoms with Gasteiger partial charge in [0.1, 0.15) is 18.8 Å². The Hall–Kier alpha value is -3.88. The second kappa shape index (κ2) is 14.5. The van der Waals surface area contributed by atoms with Gasteiger partial charge in [-0.2, -0.15) is 0 Å². The van der Waals surface area contributed by atoms with E-state index in [2.05, 4.69) is 14.4 Å². The fraction of sp³-hybridized carbons (Fsp3) is 0.619. The molecule has 0 aromatic carbocycles. The van der Waals surface area contributed by atoms with Crippen molar-refractivity contribution >= 4 is 47.5 Å². The Morgan fingerprint density at radius 1 is 0.722 bits per heavy atom. The molecule has 2 aliphatic heterocycles. The standard InChI is InChI=1S/C11H15NO7.C10H13NO6.H2/c1-7(18-11(16)6-17-2)5-10(15)19-12-8(13)3-4-9(12)14;1-6(16-7(2)12)5-10(15)17-11-8(13)3-4-9(11)14;/h7H,3-6H2,1-2H3;6H,3-5H2,1-2H3;1H. The van der Waals surface area contributed by atoms with Crippen LogP contribution < -0.4 is 0 Å². The Balaban J connectivity index is 0.000000686. The second-order valence-corrected chi connectivity index (χ2v) is 7.65. The van der Waals surface area contributed by atoms with Gasteiger partial charge < -0.3 is 23.9 Å². The number of carbonyl (C=O) groups excluding carboxylic acids is 8. The summed E-state index contributed by atoms with van der Waals surface area (Å²) in [5.74, 6) is -4.92. The van der Waals surface area contributed by atoms with Crippen LogP contribution in [0.1, 0.15) is 60.7 Å². The highest BCUT2D eigenvalue weighted by Gasteiger charge is 2.34. The summed E-state index contributed by atoms with van der Waals surface area (Å²) < 4.78 is 14.1. The number of carbonyl (C=O) groups is 8. The van der Waals surface area contributed by atoms with Crippen molar-refractivity contribution in [1.29, 1.82) is 0 Å². The number of amides is 4. The van der Waals surface area contributed by atoms with E-state index < -0.39 is 59.7 Å². The number of nitrogens with zero attached hydrogens (tertiary/aromatic N) is 2. The molecule has 0 aromatic rings. The lowest BCUT2D eigenvalue weighted by Gasteiger charge is -2.15. The van der Waals surface area contributed by atoms with Gasteiger partial charge in [-0.3, -0.25) is 24.0 Å². The first-order valence-corrected chi connectivity index (χ1v) is 10.8. The minimum absolute atomic E-state index is 0. The molecule has 0 bridgehead atoms. The number of ether oxygens (including phenoxy) is 3. The highest BCUT2D eigenvalue weighted by Crippen LogP contribution is 2.14. The normalized spacial score (nSPS) is 16.7. The molecule has 0 radical (unpaired) electrons. The molecule has 2 heterocycles. The molecule has 2 saturated heterocycles. The van der Waals surface area contributed by atoms with Crippen molar-refractivity contribution in [3.63, 3.8) is 0 Å². The van der Waals surface area contributed by atoms with Gasteiger partial charge in [0.15, 0.2) is 0 Å². The number of hydrogen-bond acceptors (Lipinski definition) is 13. The number of methoxy groups -OCH3 is 1. The van der Waals surface area contributed by atoms with Gasteiger partial charge in [-0.1, -0.05) is 0 Å². The molecule has 0 aliphatic carbocycles. The van der Waals surface area contributed by atoms with E-state index in [1.54, 1.807) is 0 Å². The van der Waals surface area contributed by atoms with E-state index in [0.717, 1.165) is 0 Å². The maximum absolute atomic E-state index is 11.4. The molecule has 0 saturated carbocycles. The molecule has 2 atom stereocenters. The van der Waals surface area contributed by atoms with Gasteiger partial charge in [-0.15, -0.1) is 10.1 Å². The van der Waals surface area contributed by atoms with Gasteiger partial charge in [-0.05, 0) is 13.8 Å². The molecule has 2 unspecified atom stereocenters. The molecule has 15 nitrogen and oxygen atoms in total. The minimum atomic E-state index is -0.818. The van der Waals surface area contributed by atoms with Crippen molar-refractivity contribution < 1.29 is 63.7 Å². The second-order valence-electron chi connectivity index (χ2n) is 7.65. The van der Waals surface area contributed by atoms with Crippen molar-refractivity contribution in [3.8, 4) is 0 Å². The fourth-order valence-corrected chi connectivity index (χ4v) is 2.81. The van der Waals surface area contributed by atoms with E-state index in [1.165, 1.54) is 27.9 Å². The van der Waals surface area contributed by atoms with Gasteiger partial charge in [0.05, 0.1) is 12.8 Å². The summed E-state index contributed by atoms with van der Waals surface area (Å²) in [6.07, 6.45) is -1.70. The van der Waals surface area contributed by atoms with Crippen molar-refractivity contribution in [1.82, 2.24) is 10.1 Å². The summed E-state index contributed by atoms with van der Waals surface area (Å²) >= 11 is 0. The Morgan fingerprint density at radius 2 is 1.08 bits per heavy atom. The van der Waals surface area contributed by atoms with Crippen LogP contribution in [0.15, 0.2) is 0 Å². The summed E-state index contributed by atoms with van der Waals surface area (Å²) in [4.78, 5) is 98.3. The molecule has 36 heavy (non-hydrogen) atoms. The van der Waals surface area contributed by atoms with E-state index in [0.29, 0.717) is 10.1 Å². The Kier molecular flexibility index (Phi) is 12.1. The van der Waals surface area contributed by atoms with E-state index in [9.17, 15) is 38.4 Å². The first-order valence-electron chi connectivity index (χ1n) is 10.8. The molecule has 2 aliphatic rings. The molecule has 4 amide bonds. The maximum Gasteiger partial charge on any atom is 0.336 e.